The zero-order valence-corrected chi connectivity index (χ0v) is 15.9. The van der Waals surface area contributed by atoms with E-state index in [2.05, 4.69) is 10.3 Å². The fourth-order valence-electron chi connectivity index (χ4n) is 2.52. The van der Waals surface area contributed by atoms with Crippen LogP contribution in [0.25, 0.3) is 11.5 Å². The molecule has 1 N–H and O–H groups in total. The first kappa shape index (κ1) is 19.8. The number of carbonyl (C=O) groups is 1. The van der Waals surface area contributed by atoms with Gasteiger partial charge >= 0.3 is 0 Å². The Kier molecular flexibility index (Phi) is 5.89. The van der Waals surface area contributed by atoms with Crippen LogP contribution in [0.2, 0.25) is 0 Å². The molecule has 3 rings (SSSR count). The van der Waals surface area contributed by atoms with E-state index in [0.29, 0.717) is 11.5 Å². The SMILES string of the molecule is CC(C(=O)NCc1ccc(F)cc1)S(=O)(=O)Cc1coc(-c2ccccc2)n1. The van der Waals surface area contributed by atoms with Gasteiger partial charge in [0.2, 0.25) is 11.8 Å². The molecule has 8 heteroatoms. The highest BCUT2D eigenvalue weighted by Crippen LogP contribution is 2.20. The van der Waals surface area contributed by atoms with Gasteiger partial charge in [-0.3, -0.25) is 4.79 Å². The molecule has 3 aromatic rings. The van der Waals surface area contributed by atoms with Gasteiger partial charge in [0, 0.05) is 12.1 Å². The highest BCUT2D eigenvalue weighted by atomic mass is 32.2. The van der Waals surface area contributed by atoms with Crippen molar-refractivity contribution >= 4 is 15.7 Å². The van der Waals surface area contributed by atoms with E-state index in [9.17, 15) is 17.6 Å². The Morgan fingerprint density at radius 1 is 1.14 bits per heavy atom. The smallest absolute Gasteiger partial charge is 0.238 e. The molecular formula is C20H19FN2O4S. The number of amides is 1. The van der Waals surface area contributed by atoms with E-state index >= 15 is 0 Å². The minimum atomic E-state index is -3.79. The van der Waals surface area contributed by atoms with Gasteiger partial charge < -0.3 is 9.73 Å². The van der Waals surface area contributed by atoms with Crippen molar-refractivity contribution in [2.24, 2.45) is 0 Å². The van der Waals surface area contributed by atoms with Crippen LogP contribution >= 0.6 is 0 Å². The maximum atomic E-state index is 12.9. The van der Waals surface area contributed by atoms with Crippen LogP contribution in [0, 0.1) is 5.82 Å². The molecular weight excluding hydrogens is 383 g/mol. The molecule has 0 spiro atoms. The average molecular weight is 402 g/mol. The molecule has 0 fully saturated rings. The van der Waals surface area contributed by atoms with Gasteiger partial charge in [-0.15, -0.1) is 0 Å². The van der Waals surface area contributed by atoms with Gasteiger partial charge in [0.25, 0.3) is 0 Å². The molecule has 0 bridgehead atoms. The molecule has 1 heterocycles. The average Bonchev–Trinajstić information content (AvgIpc) is 3.15. The molecule has 0 radical (unpaired) electrons. The van der Waals surface area contributed by atoms with Gasteiger partial charge in [0.05, 0.1) is 11.4 Å². The van der Waals surface area contributed by atoms with E-state index in [1.165, 1.54) is 37.5 Å². The van der Waals surface area contributed by atoms with Crippen molar-refractivity contribution < 1.29 is 22.0 Å². The second-order valence-electron chi connectivity index (χ2n) is 6.30. The van der Waals surface area contributed by atoms with Crippen LogP contribution in [-0.2, 0) is 26.9 Å². The number of hydrogen-bond acceptors (Lipinski definition) is 5. The number of aromatic nitrogens is 1. The van der Waals surface area contributed by atoms with Crippen LogP contribution in [0.3, 0.4) is 0 Å². The zero-order valence-electron chi connectivity index (χ0n) is 15.1. The van der Waals surface area contributed by atoms with Gasteiger partial charge in [-0.05, 0) is 36.8 Å². The van der Waals surface area contributed by atoms with Crippen LogP contribution in [-0.4, -0.2) is 24.6 Å². The first-order valence-corrected chi connectivity index (χ1v) is 10.3. The fourth-order valence-corrected chi connectivity index (χ4v) is 3.72. The van der Waals surface area contributed by atoms with Gasteiger partial charge in [-0.1, -0.05) is 30.3 Å². The third kappa shape index (κ3) is 4.83. The first-order valence-electron chi connectivity index (χ1n) is 8.59. The fraction of sp³-hybridized carbons (Fsp3) is 0.200. The number of oxazole rings is 1. The number of hydrogen-bond donors (Lipinski definition) is 1. The summed E-state index contributed by atoms with van der Waals surface area (Å²) in [6.07, 6.45) is 1.28. The van der Waals surface area contributed by atoms with E-state index in [1.807, 2.05) is 18.2 Å². The van der Waals surface area contributed by atoms with Crippen molar-refractivity contribution in [3.63, 3.8) is 0 Å². The quantitative estimate of drug-likeness (QED) is 0.656. The second-order valence-corrected chi connectivity index (χ2v) is 8.63. The molecule has 1 unspecified atom stereocenters. The zero-order chi connectivity index (χ0) is 20.1. The number of rotatable bonds is 7. The number of sulfone groups is 1. The van der Waals surface area contributed by atoms with E-state index in [-0.39, 0.29) is 18.1 Å². The Balaban J connectivity index is 1.62. The lowest BCUT2D eigenvalue weighted by Gasteiger charge is -2.12. The Hall–Kier alpha value is -3.00. The summed E-state index contributed by atoms with van der Waals surface area (Å²) in [4.78, 5) is 16.4. The lowest BCUT2D eigenvalue weighted by molar-refractivity contribution is -0.120. The Morgan fingerprint density at radius 3 is 2.50 bits per heavy atom. The normalized spacial score (nSPS) is 12.5. The minimum Gasteiger partial charge on any atom is -0.444 e. The molecule has 1 amide bonds. The maximum Gasteiger partial charge on any atom is 0.238 e. The van der Waals surface area contributed by atoms with Crippen LogP contribution < -0.4 is 5.32 Å². The van der Waals surface area contributed by atoms with Gasteiger partial charge in [0.15, 0.2) is 9.84 Å². The third-order valence-electron chi connectivity index (χ3n) is 4.21. The van der Waals surface area contributed by atoms with E-state index < -0.39 is 26.7 Å². The van der Waals surface area contributed by atoms with Crippen molar-refractivity contribution in [1.29, 1.82) is 0 Å². The highest BCUT2D eigenvalue weighted by Gasteiger charge is 2.29. The molecule has 1 aromatic heterocycles. The monoisotopic (exact) mass is 402 g/mol. The van der Waals surface area contributed by atoms with Crippen molar-refractivity contribution in [3.8, 4) is 11.5 Å². The standard InChI is InChI=1S/C20H19FN2O4S/c1-14(19(24)22-11-15-7-9-17(21)10-8-15)28(25,26)13-18-12-27-20(23-18)16-5-3-2-4-6-16/h2-10,12,14H,11,13H2,1H3,(H,22,24). The van der Waals surface area contributed by atoms with Gasteiger partial charge in [-0.2, -0.15) is 0 Å². The maximum absolute atomic E-state index is 12.9. The van der Waals surface area contributed by atoms with Crippen molar-refractivity contribution in [2.45, 2.75) is 24.5 Å². The second kappa shape index (κ2) is 8.35. The molecule has 0 aliphatic heterocycles. The molecule has 0 saturated carbocycles. The summed E-state index contributed by atoms with van der Waals surface area (Å²) in [5.74, 6) is -1.10. The largest absolute Gasteiger partial charge is 0.444 e. The molecule has 0 aliphatic carbocycles. The molecule has 146 valence electrons. The number of carbonyl (C=O) groups excluding carboxylic acids is 1. The number of nitrogens with zero attached hydrogens (tertiary/aromatic N) is 1. The van der Waals surface area contributed by atoms with Crippen LogP contribution in [0.4, 0.5) is 4.39 Å². The lowest BCUT2D eigenvalue weighted by atomic mass is 10.2. The van der Waals surface area contributed by atoms with E-state index in [0.717, 1.165) is 5.56 Å². The Morgan fingerprint density at radius 2 is 1.82 bits per heavy atom. The van der Waals surface area contributed by atoms with Crippen LogP contribution in [0.15, 0.2) is 65.3 Å². The molecule has 2 aromatic carbocycles. The summed E-state index contributed by atoms with van der Waals surface area (Å²) >= 11 is 0. The van der Waals surface area contributed by atoms with Gasteiger partial charge in [-0.25, -0.2) is 17.8 Å². The third-order valence-corrected chi connectivity index (χ3v) is 6.20. The van der Waals surface area contributed by atoms with Crippen molar-refractivity contribution in [2.75, 3.05) is 0 Å². The summed E-state index contributed by atoms with van der Waals surface area (Å²) in [6.45, 7) is 1.44. The molecule has 28 heavy (non-hydrogen) atoms. The Bertz CT molecular complexity index is 1050. The summed E-state index contributed by atoms with van der Waals surface area (Å²) in [5, 5.41) is 1.30. The number of halogens is 1. The van der Waals surface area contributed by atoms with Crippen LogP contribution in [0.1, 0.15) is 18.2 Å². The van der Waals surface area contributed by atoms with E-state index in [4.69, 9.17) is 4.42 Å². The minimum absolute atomic E-state index is 0.112. The van der Waals surface area contributed by atoms with Crippen LogP contribution in [0.5, 0.6) is 0 Å². The van der Waals surface area contributed by atoms with Gasteiger partial charge in [0.1, 0.15) is 17.3 Å². The number of benzene rings is 2. The lowest BCUT2D eigenvalue weighted by Crippen LogP contribution is -2.38. The predicted molar refractivity (Wildman–Crippen MR) is 102 cm³/mol. The van der Waals surface area contributed by atoms with Crippen molar-refractivity contribution in [1.82, 2.24) is 10.3 Å². The summed E-state index contributed by atoms with van der Waals surface area (Å²) < 4.78 is 43.4. The molecule has 1 atom stereocenters. The number of nitrogens with one attached hydrogen (secondary N) is 1. The van der Waals surface area contributed by atoms with Crippen molar-refractivity contribution in [3.05, 3.63) is 77.9 Å². The predicted octanol–water partition coefficient (Wildman–Crippen LogP) is 3.10. The summed E-state index contributed by atoms with van der Waals surface area (Å²) in [7, 11) is -3.79. The summed E-state index contributed by atoms with van der Waals surface area (Å²) in [6, 6.07) is 14.7. The topological polar surface area (TPSA) is 89.3 Å². The molecule has 0 saturated heterocycles. The molecule has 0 aliphatic rings. The van der Waals surface area contributed by atoms with E-state index in [1.54, 1.807) is 12.1 Å². The first-order chi connectivity index (χ1) is 13.3. The highest BCUT2D eigenvalue weighted by molar-refractivity contribution is 7.92. The molecule has 6 nitrogen and oxygen atoms in total. The Labute approximate surface area is 162 Å². The summed E-state index contributed by atoms with van der Waals surface area (Å²) in [5.41, 5.74) is 1.64.